The molecular weight excluding hydrogens is 608 g/mol. The Morgan fingerprint density at radius 3 is 2.23 bits per heavy atom. The Morgan fingerprint density at radius 1 is 0.979 bits per heavy atom. The Bertz CT molecular complexity index is 1320. The van der Waals surface area contributed by atoms with Crippen molar-refractivity contribution in [2.75, 3.05) is 6.61 Å². The number of ether oxygens (including phenoxy) is 3. The van der Waals surface area contributed by atoms with Gasteiger partial charge in [0, 0.05) is 23.2 Å². The smallest absolute Gasteiger partial charge is 0.187 e. The number of carbonyl (C=O) groups excluding carboxylic acids is 2. The maximum atomic E-state index is 14.8. The van der Waals surface area contributed by atoms with E-state index in [-0.39, 0.29) is 48.3 Å². The second-order valence-corrected chi connectivity index (χ2v) is 17.6. The zero-order valence-electron chi connectivity index (χ0n) is 29.1. The normalized spacial score (nSPS) is 52.9. The first-order valence-corrected chi connectivity index (χ1v) is 17.4. The van der Waals surface area contributed by atoms with Gasteiger partial charge in [-0.3, -0.25) is 9.59 Å². The maximum Gasteiger partial charge on any atom is 0.187 e. The van der Waals surface area contributed by atoms with Gasteiger partial charge in [0.15, 0.2) is 12.1 Å². The number of allylic oxidation sites excluding steroid dienone is 2. The van der Waals surface area contributed by atoms with Crippen LogP contribution < -0.4 is 0 Å². The van der Waals surface area contributed by atoms with Crippen LogP contribution in [0.1, 0.15) is 93.9 Å². The molecule has 6 N–H and O–H groups in total. The second-order valence-electron chi connectivity index (χ2n) is 17.6. The van der Waals surface area contributed by atoms with Gasteiger partial charge in [0.1, 0.15) is 36.3 Å². The van der Waals surface area contributed by atoms with Crippen molar-refractivity contribution in [3.8, 4) is 0 Å². The number of aliphatic hydroxyl groups is 6. The minimum atomic E-state index is -1.65. The summed E-state index contributed by atoms with van der Waals surface area (Å²) in [6, 6.07) is 0. The first kappa shape index (κ1) is 35.5. The SMILES string of the molecule is CC1(C)C(=O)C(OC2OC(CO)C(O)C(O)C2O)CC2C1=CCC1C2(C)C(=O)CC2(C)C(C3(C)CCC(C(C)(C)O)O3)C(O)CC12C. The summed E-state index contributed by atoms with van der Waals surface area (Å²) >= 11 is 0. The maximum absolute atomic E-state index is 14.8. The Morgan fingerprint density at radius 2 is 1.64 bits per heavy atom. The first-order chi connectivity index (χ1) is 21.6. The zero-order valence-corrected chi connectivity index (χ0v) is 29.1. The molecule has 6 aliphatic rings. The number of hydrogen-bond acceptors (Lipinski definition) is 11. The summed E-state index contributed by atoms with van der Waals surface area (Å²) < 4.78 is 18.3. The molecule has 11 heteroatoms. The van der Waals surface area contributed by atoms with Crippen molar-refractivity contribution >= 4 is 11.6 Å². The zero-order chi connectivity index (χ0) is 34.9. The van der Waals surface area contributed by atoms with Crippen LogP contribution in [0.2, 0.25) is 0 Å². The molecule has 266 valence electrons. The van der Waals surface area contributed by atoms with Crippen molar-refractivity contribution in [1.29, 1.82) is 0 Å². The molecule has 0 aromatic rings. The van der Waals surface area contributed by atoms with E-state index in [0.717, 1.165) is 5.57 Å². The van der Waals surface area contributed by atoms with Crippen LogP contribution in [-0.4, -0.2) is 109 Å². The molecule has 0 aromatic carbocycles. The van der Waals surface area contributed by atoms with Crippen LogP contribution in [0.25, 0.3) is 0 Å². The third-order valence-corrected chi connectivity index (χ3v) is 14.3. The van der Waals surface area contributed by atoms with E-state index in [9.17, 15) is 40.2 Å². The summed E-state index contributed by atoms with van der Waals surface area (Å²) in [6.07, 6.45) is -4.72. The summed E-state index contributed by atoms with van der Waals surface area (Å²) in [7, 11) is 0. The van der Waals surface area contributed by atoms with Crippen molar-refractivity contribution in [3.05, 3.63) is 11.6 Å². The van der Waals surface area contributed by atoms with Gasteiger partial charge in [0.05, 0.1) is 30.0 Å². The third-order valence-electron chi connectivity index (χ3n) is 14.3. The number of Topliss-reactive ketones (excluding diaryl/α,β-unsaturated/α-hetero) is 2. The van der Waals surface area contributed by atoms with Crippen molar-refractivity contribution in [3.63, 3.8) is 0 Å². The molecule has 11 nitrogen and oxygen atoms in total. The van der Waals surface area contributed by atoms with E-state index in [1.165, 1.54) is 0 Å². The molecule has 47 heavy (non-hydrogen) atoms. The third kappa shape index (κ3) is 4.85. The average Bonchev–Trinajstić information content (AvgIpc) is 3.47. The van der Waals surface area contributed by atoms with Crippen LogP contribution in [0, 0.1) is 39.4 Å². The molecule has 2 aliphatic heterocycles. The Hall–Kier alpha value is -1.28. The molecule has 4 aliphatic carbocycles. The Labute approximate surface area is 277 Å². The topological polar surface area (TPSA) is 183 Å². The fourth-order valence-corrected chi connectivity index (χ4v) is 11.5. The van der Waals surface area contributed by atoms with Crippen molar-refractivity contribution in [2.45, 2.75) is 154 Å². The molecule has 15 unspecified atom stereocenters. The predicted octanol–water partition coefficient (Wildman–Crippen LogP) is 1.81. The fraction of sp³-hybridized carbons (Fsp3) is 0.889. The lowest BCUT2D eigenvalue weighted by Crippen LogP contribution is -2.65. The fourth-order valence-electron chi connectivity index (χ4n) is 11.5. The number of hydrogen-bond donors (Lipinski definition) is 6. The number of ketones is 2. The molecule has 0 bridgehead atoms. The van der Waals surface area contributed by atoms with Gasteiger partial charge in [-0.1, -0.05) is 32.4 Å². The molecule has 5 fully saturated rings. The second kappa shape index (κ2) is 11.1. The molecular formula is C36H56O11. The van der Waals surface area contributed by atoms with Crippen LogP contribution in [0.3, 0.4) is 0 Å². The number of fused-ring (bicyclic) bond motifs is 5. The standard InChI is InChI=1S/C36H56O11/c1-31(2)17-9-10-22-33(5)14-19(38)28(35(7)12-11-24(47-35)32(3,4)44)34(33,6)15-23(39)36(22,8)18(17)13-20(29(31)43)45-30-27(42)26(41)25(40)21(16-37)46-30/h9,18-22,24-28,30,37-38,40-42,44H,10-16H2,1-8H3. The van der Waals surface area contributed by atoms with E-state index in [1.807, 2.05) is 27.7 Å². The van der Waals surface area contributed by atoms with E-state index in [0.29, 0.717) is 25.7 Å². The molecule has 0 radical (unpaired) electrons. The van der Waals surface area contributed by atoms with Gasteiger partial charge < -0.3 is 44.8 Å². The van der Waals surface area contributed by atoms with Gasteiger partial charge in [-0.25, -0.2) is 0 Å². The lowest BCUT2D eigenvalue weighted by Gasteiger charge is -2.64. The van der Waals surface area contributed by atoms with Gasteiger partial charge in [-0.05, 0) is 89.4 Å². The Balaban J connectivity index is 1.34. The van der Waals surface area contributed by atoms with E-state index in [4.69, 9.17) is 14.2 Å². The van der Waals surface area contributed by atoms with Crippen LogP contribution in [-0.2, 0) is 23.8 Å². The Kier molecular flexibility index (Phi) is 8.40. The monoisotopic (exact) mass is 664 g/mol. The minimum Gasteiger partial charge on any atom is -0.394 e. The molecule has 2 heterocycles. The number of rotatable bonds is 5. The van der Waals surface area contributed by atoms with Crippen LogP contribution in [0.5, 0.6) is 0 Å². The summed E-state index contributed by atoms with van der Waals surface area (Å²) in [5, 5.41) is 63.6. The van der Waals surface area contributed by atoms with Gasteiger partial charge in [-0.15, -0.1) is 0 Å². The van der Waals surface area contributed by atoms with Gasteiger partial charge >= 0.3 is 0 Å². The highest BCUT2D eigenvalue weighted by Gasteiger charge is 2.75. The summed E-state index contributed by atoms with van der Waals surface area (Å²) in [5.74, 6) is -0.997. The van der Waals surface area contributed by atoms with Crippen molar-refractivity contribution in [2.24, 2.45) is 39.4 Å². The van der Waals surface area contributed by atoms with Crippen LogP contribution >= 0.6 is 0 Å². The molecule has 3 saturated carbocycles. The highest BCUT2D eigenvalue weighted by atomic mass is 16.7. The van der Waals surface area contributed by atoms with Crippen LogP contribution in [0.4, 0.5) is 0 Å². The quantitative estimate of drug-likeness (QED) is 0.236. The van der Waals surface area contributed by atoms with Gasteiger partial charge in [-0.2, -0.15) is 0 Å². The number of aliphatic hydroxyl groups excluding tert-OH is 5. The molecule has 15 atom stereocenters. The average molecular weight is 665 g/mol. The molecule has 2 saturated heterocycles. The van der Waals surface area contributed by atoms with Crippen molar-refractivity contribution in [1.82, 2.24) is 0 Å². The molecule has 0 aromatic heterocycles. The lowest BCUT2D eigenvalue weighted by atomic mass is 9.38. The minimum absolute atomic E-state index is 0.0783. The van der Waals surface area contributed by atoms with E-state index >= 15 is 0 Å². The molecule has 0 amide bonds. The first-order valence-electron chi connectivity index (χ1n) is 17.4. The van der Waals surface area contributed by atoms with Crippen molar-refractivity contribution < 1.29 is 54.4 Å². The molecule has 6 rings (SSSR count). The summed E-state index contributed by atoms with van der Waals surface area (Å²) in [6.45, 7) is 14.9. The van der Waals surface area contributed by atoms with E-state index in [1.54, 1.807) is 13.8 Å². The molecule has 0 spiro atoms. The van der Waals surface area contributed by atoms with Gasteiger partial charge in [0.2, 0.25) is 0 Å². The lowest BCUT2D eigenvalue weighted by molar-refractivity contribution is -0.311. The van der Waals surface area contributed by atoms with E-state index in [2.05, 4.69) is 19.9 Å². The highest BCUT2D eigenvalue weighted by Crippen LogP contribution is 2.75. The highest BCUT2D eigenvalue weighted by molar-refractivity contribution is 5.94. The predicted molar refractivity (Wildman–Crippen MR) is 169 cm³/mol. The van der Waals surface area contributed by atoms with Crippen LogP contribution in [0.15, 0.2) is 11.6 Å². The summed E-state index contributed by atoms with van der Waals surface area (Å²) in [4.78, 5) is 28.8. The largest absolute Gasteiger partial charge is 0.394 e. The van der Waals surface area contributed by atoms with Gasteiger partial charge in [0.25, 0.3) is 0 Å². The number of carbonyl (C=O) groups is 2. The summed E-state index contributed by atoms with van der Waals surface area (Å²) in [5.41, 5.74) is -3.78. The van der Waals surface area contributed by atoms with E-state index < -0.39 is 82.4 Å².